The summed E-state index contributed by atoms with van der Waals surface area (Å²) in [5, 5.41) is 71.9. The number of allylic oxidation sites excluding steroid dienone is 2. The zero-order valence-electron chi connectivity index (χ0n) is 25.2. The maximum Gasteiger partial charge on any atom is 0.331 e. The number of rotatable bonds is 12. The van der Waals surface area contributed by atoms with Crippen LogP contribution in [0.5, 0.6) is 11.5 Å². The molecular weight excluding hydrogens is 580 g/mol. The van der Waals surface area contributed by atoms with E-state index in [1.807, 2.05) is 19.9 Å². The van der Waals surface area contributed by atoms with Crippen LogP contribution in [0.15, 0.2) is 48.6 Å². The van der Waals surface area contributed by atoms with Gasteiger partial charge in [-0.3, -0.25) is 0 Å². The van der Waals surface area contributed by atoms with Crippen LogP contribution in [0.25, 0.3) is 6.08 Å². The van der Waals surface area contributed by atoms with E-state index in [1.54, 1.807) is 13.0 Å². The number of phenols is 2. The highest BCUT2D eigenvalue weighted by atomic mass is 16.7. The van der Waals surface area contributed by atoms with Gasteiger partial charge >= 0.3 is 5.97 Å². The minimum atomic E-state index is -1.75. The molecule has 2 aliphatic rings. The molecule has 13 heteroatoms. The molecule has 1 aromatic carbocycles. The molecule has 0 aromatic heterocycles. The summed E-state index contributed by atoms with van der Waals surface area (Å²) in [4.78, 5) is 12.9. The predicted octanol–water partition coefficient (Wildman–Crippen LogP) is 1.02. The number of phenolic OH excluding ortho intramolecular Hbond substituents is 2. The third-order valence-corrected chi connectivity index (χ3v) is 7.57. The van der Waals surface area contributed by atoms with Crippen molar-refractivity contribution in [2.24, 2.45) is 0 Å². The van der Waals surface area contributed by atoms with E-state index >= 15 is 0 Å². The first-order valence-electron chi connectivity index (χ1n) is 14.3. The number of aliphatic hydroxyl groups is 5. The quantitative estimate of drug-likeness (QED) is 0.0752. The normalized spacial score (nSPS) is 33.8. The fourth-order valence-corrected chi connectivity index (χ4v) is 4.82. The molecule has 44 heavy (non-hydrogen) atoms. The van der Waals surface area contributed by atoms with Crippen LogP contribution in [0.3, 0.4) is 0 Å². The summed E-state index contributed by atoms with van der Waals surface area (Å²) in [5.41, 5.74) is 0.460. The van der Waals surface area contributed by atoms with E-state index in [0.717, 1.165) is 11.6 Å². The third kappa shape index (κ3) is 8.87. The van der Waals surface area contributed by atoms with E-state index in [4.69, 9.17) is 23.7 Å². The Morgan fingerprint density at radius 1 is 1.00 bits per heavy atom. The molecule has 0 aliphatic carbocycles. The summed E-state index contributed by atoms with van der Waals surface area (Å²) in [6, 6.07) is 3.89. The fraction of sp³-hybridized carbons (Fsp3) is 0.581. The maximum atomic E-state index is 12.9. The van der Waals surface area contributed by atoms with Crippen LogP contribution in [-0.4, -0.2) is 115 Å². The van der Waals surface area contributed by atoms with Crippen molar-refractivity contribution in [2.45, 2.75) is 108 Å². The number of benzene rings is 1. The Bertz CT molecular complexity index is 1180. The lowest BCUT2D eigenvalue weighted by Gasteiger charge is -2.47. The maximum absolute atomic E-state index is 12.9. The predicted molar refractivity (Wildman–Crippen MR) is 156 cm³/mol. The largest absolute Gasteiger partial charge is 0.504 e. The first-order chi connectivity index (χ1) is 20.7. The molecule has 0 radical (unpaired) electrons. The van der Waals surface area contributed by atoms with Gasteiger partial charge in [0, 0.05) is 6.08 Å². The second-order valence-electron chi connectivity index (χ2n) is 11.4. The monoisotopic (exact) mass is 624 g/mol. The van der Waals surface area contributed by atoms with Crippen molar-refractivity contribution in [3.8, 4) is 11.5 Å². The van der Waals surface area contributed by atoms with Gasteiger partial charge in [0.15, 0.2) is 30.2 Å². The average molecular weight is 625 g/mol. The van der Waals surface area contributed by atoms with Crippen LogP contribution in [-0.2, 0) is 28.5 Å². The van der Waals surface area contributed by atoms with Gasteiger partial charge in [0.25, 0.3) is 0 Å². The third-order valence-electron chi connectivity index (χ3n) is 7.57. The fourth-order valence-electron chi connectivity index (χ4n) is 4.82. The highest BCUT2D eigenvalue weighted by Gasteiger charge is 2.53. The van der Waals surface area contributed by atoms with Crippen molar-refractivity contribution in [3.05, 3.63) is 54.1 Å². The molecule has 0 spiro atoms. The van der Waals surface area contributed by atoms with Crippen molar-refractivity contribution in [1.29, 1.82) is 0 Å². The molecule has 246 valence electrons. The van der Waals surface area contributed by atoms with Crippen molar-refractivity contribution < 1.29 is 64.2 Å². The first-order valence-corrected chi connectivity index (χ1v) is 14.3. The molecule has 13 nitrogen and oxygen atoms in total. The van der Waals surface area contributed by atoms with Crippen molar-refractivity contribution >= 4 is 12.0 Å². The van der Waals surface area contributed by atoms with Gasteiger partial charge in [-0.05, 0) is 64.3 Å². The Balaban J connectivity index is 1.89. The lowest BCUT2D eigenvalue weighted by atomic mass is 9.95. The van der Waals surface area contributed by atoms with Gasteiger partial charge in [-0.1, -0.05) is 23.8 Å². The van der Waals surface area contributed by atoms with Gasteiger partial charge in [-0.15, -0.1) is 6.58 Å². The highest BCUT2D eigenvalue weighted by Crippen LogP contribution is 2.34. The van der Waals surface area contributed by atoms with Crippen LogP contribution < -0.4 is 0 Å². The molecule has 6 unspecified atom stereocenters. The number of carbonyl (C=O) groups is 1. The standard InChI is InChI=1S/C31H44O13/c1-6-31(5,13-7-8-16(2)3)44-30-26(39)28(43-29-25(38)24(37)23(36)17(4)40-29)27(21(15-32)41-30)42-22(35)12-10-18-9-11-19(33)20(34)14-18/h6,8-12,14,17,21,23-30,32-34,36-39H,1,7,13,15H2,2-5H3/b12-10+/t17-,21?,23-,24+,25+,26?,27?,28?,29-,30?,31?/m0/s1. The summed E-state index contributed by atoms with van der Waals surface area (Å²) in [6.07, 6.45) is -7.79. The summed E-state index contributed by atoms with van der Waals surface area (Å²) in [5.74, 6) is -1.69. The van der Waals surface area contributed by atoms with Gasteiger partial charge in [0.2, 0.25) is 0 Å². The molecule has 11 atom stereocenters. The summed E-state index contributed by atoms with van der Waals surface area (Å²) in [6.45, 7) is 10.2. The molecule has 3 rings (SSSR count). The van der Waals surface area contributed by atoms with E-state index in [-0.39, 0.29) is 5.75 Å². The number of aliphatic hydroxyl groups excluding tert-OH is 5. The molecule has 2 saturated heterocycles. The molecule has 2 heterocycles. The lowest BCUT2D eigenvalue weighted by molar-refractivity contribution is -0.364. The number of aromatic hydroxyl groups is 2. The van der Waals surface area contributed by atoms with E-state index in [1.165, 1.54) is 31.2 Å². The minimum Gasteiger partial charge on any atom is -0.504 e. The van der Waals surface area contributed by atoms with Crippen molar-refractivity contribution in [2.75, 3.05) is 6.61 Å². The van der Waals surface area contributed by atoms with E-state index in [2.05, 4.69) is 6.58 Å². The molecule has 0 amide bonds. The lowest BCUT2D eigenvalue weighted by Crippen LogP contribution is -2.65. The average Bonchev–Trinajstić information content (AvgIpc) is 2.98. The Morgan fingerprint density at radius 2 is 1.70 bits per heavy atom. The molecule has 1 aromatic rings. The molecule has 0 bridgehead atoms. The summed E-state index contributed by atoms with van der Waals surface area (Å²) >= 11 is 0. The number of hydrogen-bond donors (Lipinski definition) is 7. The molecule has 0 saturated carbocycles. The van der Waals surface area contributed by atoms with Crippen LogP contribution in [0.4, 0.5) is 0 Å². The van der Waals surface area contributed by atoms with Crippen molar-refractivity contribution in [3.63, 3.8) is 0 Å². The number of carbonyl (C=O) groups excluding carboxylic acids is 1. The Hall–Kier alpha value is -2.85. The smallest absolute Gasteiger partial charge is 0.331 e. The Morgan fingerprint density at radius 3 is 2.32 bits per heavy atom. The van der Waals surface area contributed by atoms with Gasteiger partial charge in [-0.2, -0.15) is 0 Å². The van der Waals surface area contributed by atoms with Crippen LogP contribution >= 0.6 is 0 Å². The molecular formula is C31H44O13. The number of ether oxygens (including phenoxy) is 5. The number of esters is 1. The molecule has 2 aliphatic heterocycles. The second kappa shape index (κ2) is 15.4. The molecule has 2 fully saturated rings. The molecule has 7 N–H and O–H groups in total. The van der Waals surface area contributed by atoms with Gasteiger partial charge < -0.3 is 59.4 Å². The van der Waals surface area contributed by atoms with E-state index in [9.17, 15) is 40.5 Å². The van der Waals surface area contributed by atoms with Gasteiger partial charge in [0.05, 0.1) is 18.3 Å². The SMILES string of the molecule is C=CC(C)(CCC=C(C)C)OC1OC(CO)C(OC(=O)/C=C/c2ccc(O)c(O)c2)C(O[C@@H]2O[C@@H](C)[C@H](O)[C@@H](O)[C@H]2O)C1O. The van der Waals surface area contributed by atoms with Crippen LogP contribution in [0.1, 0.15) is 46.1 Å². The van der Waals surface area contributed by atoms with E-state index in [0.29, 0.717) is 18.4 Å². The van der Waals surface area contributed by atoms with Gasteiger partial charge in [0.1, 0.15) is 36.6 Å². The zero-order valence-corrected chi connectivity index (χ0v) is 25.2. The van der Waals surface area contributed by atoms with E-state index < -0.39 is 85.3 Å². The zero-order chi connectivity index (χ0) is 32.8. The Kier molecular flexibility index (Phi) is 12.5. The first kappa shape index (κ1) is 35.6. The van der Waals surface area contributed by atoms with Crippen molar-refractivity contribution in [1.82, 2.24) is 0 Å². The second-order valence-corrected chi connectivity index (χ2v) is 11.4. The topological polar surface area (TPSA) is 205 Å². The van der Waals surface area contributed by atoms with Crippen LogP contribution in [0.2, 0.25) is 0 Å². The summed E-state index contributed by atoms with van der Waals surface area (Å²) < 4.78 is 29.0. The Labute approximate surface area is 256 Å². The highest BCUT2D eigenvalue weighted by molar-refractivity contribution is 5.87. The minimum absolute atomic E-state index is 0.343. The number of hydrogen-bond acceptors (Lipinski definition) is 13. The van der Waals surface area contributed by atoms with Gasteiger partial charge in [-0.25, -0.2) is 4.79 Å². The summed E-state index contributed by atoms with van der Waals surface area (Å²) in [7, 11) is 0. The van der Waals surface area contributed by atoms with Crippen LogP contribution in [0, 0.1) is 0 Å².